The second kappa shape index (κ2) is 10.2. The third-order valence-corrected chi connectivity index (χ3v) is 7.75. The van der Waals surface area contributed by atoms with Crippen molar-refractivity contribution in [3.8, 4) is 5.75 Å². The Kier molecular flexibility index (Phi) is 6.81. The van der Waals surface area contributed by atoms with Crippen LogP contribution in [0.3, 0.4) is 0 Å². The zero-order valence-electron chi connectivity index (χ0n) is 21.1. The molecule has 0 saturated carbocycles. The van der Waals surface area contributed by atoms with E-state index in [1.165, 1.54) is 10.9 Å². The SMILES string of the molecule is CCN1C(=O)COc2ccc(C(=O)C(C)n3cnc4sc(C(=O)OCc5ccccc5)c(C)c4c3=O)cc21. The lowest BCUT2D eigenvalue weighted by Gasteiger charge is -2.28. The summed E-state index contributed by atoms with van der Waals surface area (Å²) < 4.78 is 12.2. The van der Waals surface area contributed by atoms with E-state index in [2.05, 4.69) is 4.98 Å². The molecule has 0 radical (unpaired) electrons. The van der Waals surface area contributed by atoms with Gasteiger partial charge < -0.3 is 14.4 Å². The standard InChI is InChI=1S/C28H25N3O6S/c1-4-30-20-12-19(10-11-21(20)36-14-22(30)32)24(33)17(3)31-15-29-26-23(27(31)34)16(2)25(38-26)28(35)37-13-18-8-6-5-7-9-18/h5-12,15,17H,4,13-14H2,1-3H3. The maximum Gasteiger partial charge on any atom is 0.349 e. The average Bonchev–Trinajstić information content (AvgIpc) is 3.28. The second-order valence-electron chi connectivity index (χ2n) is 8.90. The molecule has 1 aliphatic rings. The molecule has 3 heterocycles. The number of amides is 1. The first-order valence-electron chi connectivity index (χ1n) is 12.1. The van der Waals surface area contributed by atoms with Crippen LogP contribution < -0.4 is 15.2 Å². The van der Waals surface area contributed by atoms with Crippen molar-refractivity contribution in [2.75, 3.05) is 18.1 Å². The Bertz CT molecular complexity index is 1630. The van der Waals surface area contributed by atoms with Crippen LogP contribution in [0.25, 0.3) is 10.2 Å². The van der Waals surface area contributed by atoms with Crippen molar-refractivity contribution in [2.24, 2.45) is 0 Å². The molecule has 2 aromatic carbocycles. The van der Waals surface area contributed by atoms with Gasteiger partial charge >= 0.3 is 5.97 Å². The highest BCUT2D eigenvalue weighted by molar-refractivity contribution is 7.20. The Morgan fingerprint density at radius 1 is 1.16 bits per heavy atom. The van der Waals surface area contributed by atoms with Gasteiger partial charge in [-0.1, -0.05) is 30.3 Å². The van der Waals surface area contributed by atoms with E-state index in [0.717, 1.165) is 16.9 Å². The van der Waals surface area contributed by atoms with Crippen molar-refractivity contribution in [1.29, 1.82) is 0 Å². The highest BCUT2D eigenvalue weighted by Gasteiger charge is 2.28. The molecule has 1 amide bonds. The maximum absolute atomic E-state index is 13.5. The highest BCUT2D eigenvalue weighted by Crippen LogP contribution is 2.34. The van der Waals surface area contributed by atoms with Gasteiger partial charge in [-0.15, -0.1) is 11.3 Å². The molecule has 2 aromatic heterocycles. The second-order valence-corrected chi connectivity index (χ2v) is 9.90. The van der Waals surface area contributed by atoms with Crippen LogP contribution in [0.2, 0.25) is 0 Å². The van der Waals surface area contributed by atoms with Crippen molar-refractivity contribution in [3.63, 3.8) is 0 Å². The molecule has 1 unspecified atom stereocenters. The van der Waals surface area contributed by atoms with Crippen molar-refractivity contribution < 1.29 is 23.9 Å². The molecule has 9 nitrogen and oxygen atoms in total. The number of ketones is 1. The first kappa shape index (κ1) is 25.3. The molecule has 0 N–H and O–H groups in total. The molecule has 1 aliphatic heterocycles. The van der Waals surface area contributed by atoms with Crippen LogP contribution in [0.1, 0.15) is 51.0 Å². The number of anilines is 1. The Hall–Kier alpha value is -4.31. The smallest absolute Gasteiger partial charge is 0.349 e. The zero-order valence-corrected chi connectivity index (χ0v) is 21.9. The minimum absolute atomic E-state index is 0.0482. The predicted molar refractivity (Wildman–Crippen MR) is 143 cm³/mol. The van der Waals surface area contributed by atoms with Crippen molar-refractivity contribution >= 4 is 44.9 Å². The fraction of sp³-hybridized carbons (Fsp3) is 0.250. The summed E-state index contributed by atoms with van der Waals surface area (Å²) in [5, 5.41) is 0.283. The number of aryl methyl sites for hydroxylation is 1. The molecular weight excluding hydrogens is 506 g/mol. The summed E-state index contributed by atoms with van der Waals surface area (Å²) in [6.07, 6.45) is 1.33. The molecule has 4 aromatic rings. The van der Waals surface area contributed by atoms with Gasteiger partial charge in [-0.2, -0.15) is 0 Å². The Labute approximate surface area is 222 Å². The van der Waals surface area contributed by atoms with Gasteiger partial charge in [-0.25, -0.2) is 9.78 Å². The maximum atomic E-state index is 13.5. The number of carbonyl (C=O) groups is 3. The number of thiophene rings is 1. The number of rotatable bonds is 7. The summed E-state index contributed by atoms with van der Waals surface area (Å²) in [7, 11) is 0. The summed E-state index contributed by atoms with van der Waals surface area (Å²) in [6, 6.07) is 13.3. The molecule has 0 bridgehead atoms. The van der Waals surface area contributed by atoms with Gasteiger partial charge in [0.1, 0.15) is 22.1 Å². The Morgan fingerprint density at radius 3 is 2.66 bits per heavy atom. The molecule has 0 fully saturated rings. The van der Waals surface area contributed by atoms with E-state index < -0.39 is 17.6 Å². The van der Waals surface area contributed by atoms with Crippen molar-refractivity contribution in [1.82, 2.24) is 9.55 Å². The highest BCUT2D eigenvalue weighted by atomic mass is 32.1. The Morgan fingerprint density at radius 2 is 1.92 bits per heavy atom. The van der Waals surface area contributed by atoms with Crippen LogP contribution in [0, 0.1) is 6.92 Å². The number of nitrogens with zero attached hydrogens (tertiary/aromatic N) is 3. The first-order valence-corrected chi connectivity index (χ1v) is 12.9. The summed E-state index contributed by atoms with van der Waals surface area (Å²) >= 11 is 1.09. The first-order chi connectivity index (χ1) is 18.3. The van der Waals surface area contributed by atoms with E-state index in [1.807, 2.05) is 37.3 Å². The van der Waals surface area contributed by atoms with E-state index >= 15 is 0 Å². The minimum atomic E-state index is -0.875. The van der Waals surface area contributed by atoms with Gasteiger partial charge in [-0.3, -0.25) is 19.0 Å². The number of fused-ring (bicyclic) bond motifs is 2. The molecule has 0 saturated heterocycles. The molecule has 38 heavy (non-hydrogen) atoms. The van der Waals surface area contributed by atoms with Gasteiger partial charge in [0.25, 0.3) is 11.5 Å². The molecular formula is C28H25N3O6S. The van der Waals surface area contributed by atoms with Gasteiger partial charge in [0.05, 0.1) is 23.4 Å². The lowest BCUT2D eigenvalue weighted by molar-refractivity contribution is -0.121. The van der Waals surface area contributed by atoms with Gasteiger partial charge in [0, 0.05) is 12.1 Å². The van der Waals surface area contributed by atoms with Gasteiger partial charge in [-0.05, 0) is 50.1 Å². The normalized spacial score (nSPS) is 13.7. The fourth-order valence-electron chi connectivity index (χ4n) is 4.47. The number of benzene rings is 2. The lowest BCUT2D eigenvalue weighted by atomic mass is 10.0. The molecule has 0 aliphatic carbocycles. The lowest BCUT2D eigenvalue weighted by Crippen LogP contribution is -2.38. The van der Waals surface area contributed by atoms with Gasteiger partial charge in [0.2, 0.25) is 0 Å². The number of likely N-dealkylation sites (N-methyl/N-ethyl adjacent to an activating group) is 1. The van der Waals surface area contributed by atoms with E-state index in [1.54, 1.807) is 36.9 Å². The van der Waals surface area contributed by atoms with E-state index in [-0.39, 0.29) is 30.3 Å². The van der Waals surface area contributed by atoms with Gasteiger partial charge in [0.15, 0.2) is 12.4 Å². The number of hydrogen-bond donors (Lipinski definition) is 0. The van der Waals surface area contributed by atoms with Crippen LogP contribution in [0.5, 0.6) is 5.75 Å². The van der Waals surface area contributed by atoms with Crippen LogP contribution >= 0.6 is 11.3 Å². The zero-order chi connectivity index (χ0) is 27.0. The number of Topliss-reactive ketones (excluding diaryl/α,β-unsaturated/α-hetero) is 1. The fourth-order valence-corrected chi connectivity index (χ4v) is 5.50. The van der Waals surface area contributed by atoms with Crippen LogP contribution in [0.4, 0.5) is 5.69 Å². The summed E-state index contributed by atoms with van der Waals surface area (Å²) in [5.41, 5.74) is 1.77. The average molecular weight is 532 g/mol. The molecule has 1 atom stereocenters. The van der Waals surface area contributed by atoms with E-state index in [4.69, 9.17) is 9.47 Å². The molecule has 194 valence electrons. The summed E-state index contributed by atoms with van der Waals surface area (Å²) in [5.74, 6) is -0.512. The topological polar surface area (TPSA) is 108 Å². The number of carbonyl (C=O) groups excluding carboxylic acids is 3. The van der Waals surface area contributed by atoms with E-state index in [9.17, 15) is 19.2 Å². The number of hydrogen-bond acceptors (Lipinski definition) is 8. The summed E-state index contributed by atoms with van der Waals surface area (Å²) in [4.78, 5) is 58.5. The van der Waals surface area contributed by atoms with Crippen molar-refractivity contribution in [2.45, 2.75) is 33.4 Å². The third-order valence-electron chi connectivity index (χ3n) is 6.57. The predicted octanol–water partition coefficient (Wildman–Crippen LogP) is 4.31. The summed E-state index contributed by atoms with van der Waals surface area (Å²) in [6.45, 7) is 5.65. The number of esters is 1. The third kappa shape index (κ3) is 4.47. The quantitative estimate of drug-likeness (QED) is 0.258. The van der Waals surface area contributed by atoms with E-state index in [0.29, 0.717) is 38.8 Å². The van der Waals surface area contributed by atoms with Crippen molar-refractivity contribution in [3.05, 3.63) is 86.8 Å². The Balaban J connectivity index is 1.43. The largest absolute Gasteiger partial charge is 0.482 e. The van der Waals surface area contributed by atoms with Crippen LogP contribution in [-0.2, 0) is 16.1 Å². The number of ether oxygens (including phenoxy) is 2. The molecule has 5 rings (SSSR count). The molecule has 10 heteroatoms. The van der Waals surface area contributed by atoms with Crippen LogP contribution in [0.15, 0.2) is 59.7 Å². The van der Waals surface area contributed by atoms with Crippen LogP contribution in [-0.4, -0.2) is 40.4 Å². The minimum Gasteiger partial charge on any atom is -0.482 e. The molecule has 0 spiro atoms. The number of aromatic nitrogens is 2. The monoisotopic (exact) mass is 531 g/mol.